The molecule has 0 aliphatic carbocycles. The van der Waals surface area contributed by atoms with Gasteiger partial charge in [-0.15, -0.1) is 0 Å². The SMILES string of the molecule is CC/C=C/C=C/C=C/CCCCCCCCC(O)C(=O)NC(COC1OC(CO)C(O)C(O)C1OC(=O)CCCCCCCCCCCCC/C=C\C/C=C\CCCCC)C(O)/C=C/CCCCCCCCCCCCC. The van der Waals surface area contributed by atoms with Gasteiger partial charge in [-0.25, -0.2) is 0 Å². The molecule has 77 heavy (non-hydrogen) atoms. The molecule has 8 atom stereocenters. The Kier molecular flexibility index (Phi) is 50.3. The van der Waals surface area contributed by atoms with Crippen LogP contribution in [0.3, 0.4) is 0 Å². The number of aliphatic hydroxyl groups is 5. The third kappa shape index (κ3) is 41.7. The minimum Gasteiger partial charge on any atom is -0.454 e. The smallest absolute Gasteiger partial charge is 0.306 e. The highest BCUT2D eigenvalue weighted by atomic mass is 16.7. The highest BCUT2D eigenvalue weighted by Gasteiger charge is 2.47. The number of ether oxygens (including phenoxy) is 3. The van der Waals surface area contributed by atoms with Crippen LogP contribution in [0.4, 0.5) is 0 Å². The van der Waals surface area contributed by atoms with Gasteiger partial charge < -0.3 is 45.1 Å². The van der Waals surface area contributed by atoms with Gasteiger partial charge >= 0.3 is 5.97 Å². The van der Waals surface area contributed by atoms with Crippen LogP contribution in [0.1, 0.15) is 271 Å². The van der Waals surface area contributed by atoms with Crippen molar-refractivity contribution in [3.8, 4) is 0 Å². The van der Waals surface area contributed by atoms with Crippen molar-refractivity contribution in [3.05, 3.63) is 72.9 Å². The topological polar surface area (TPSA) is 175 Å². The molecule has 8 unspecified atom stereocenters. The van der Waals surface area contributed by atoms with Crippen molar-refractivity contribution in [1.82, 2.24) is 5.32 Å². The van der Waals surface area contributed by atoms with E-state index in [1.807, 2.05) is 18.2 Å². The molecule has 1 rings (SSSR count). The molecule has 1 saturated heterocycles. The lowest BCUT2D eigenvalue weighted by Crippen LogP contribution is -2.61. The molecule has 1 aliphatic heterocycles. The van der Waals surface area contributed by atoms with Crippen molar-refractivity contribution < 1.29 is 49.3 Å². The number of esters is 1. The van der Waals surface area contributed by atoms with Gasteiger partial charge in [0.05, 0.1) is 25.4 Å². The van der Waals surface area contributed by atoms with E-state index < -0.39 is 67.4 Å². The van der Waals surface area contributed by atoms with E-state index in [9.17, 15) is 35.1 Å². The number of unbranched alkanes of at least 4 members (excludes halogenated alkanes) is 31. The van der Waals surface area contributed by atoms with Gasteiger partial charge in [-0.1, -0.05) is 261 Å². The van der Waals surface area contributed by atoms with E-state index in [1.54, 1.807) is 6.08 Å². The summed E-state index contributed by atoms with van der Waals surface area (Å²) < 4.78 is 17.6. The van der Waals surface area contributed by atoms with Crippen LogP contribution in [0.15, 0.2) is 72.9 Å². The number of carbonyl (C=O) groups is 2. The highest BCUT2D eigenvalue weighted by Crippen LogP contribution is 2.26. The molecule has 11 nitrogen and oxygen atoms in total. The van der Waals surface area contributed by atoms with E-state index in [0.29, 0.717) is 12.8 Å². The Morgan fingerprint density at radius 2 is 0.987 bits per heavy atom. The monoisotopic (exact) mass is 1080 g/mol. The van der Waals surface area contributed by atoms with Crippen LogP contribution >= 0.6 is 0 Å². The molecule has 1 heterocycles. The van der Waals surface area contributed by atoms with E-state index >= 15 is 0 Å². The molecule has 0 spiro atoms. The van der Waals surface area contributed by atoms with Crippen LogP contribution in [0, 0.1) is 0 Å². The van der Waals surface area contributed by atoms with Crippen molar-refractivity contribution in [2.75, 3.05) is 13.2 Å². The van der Waals surface area contributed by atoms with Crippen molar-refractivity contribution in [2.24, 2.45) is 0 Å². The van der Waals surface area contributed by atoms with Gasteiger partial charge in [0.2, 0.25) is 5.91 Å². The van der Waals surface area contributed by atoms with E-state index in [4.69, 9.17) is 14.2 Å². The highest BCUT2D eigenvalue weighted by molar-refractivity contribution is 5.80. The zero-order valence-electron chi connectivity index (χ0n) is 49.3. The number of hydrogen-bond donors (Lipinski definition) is 6. The van der Waals surface area contributed by atoms with E-state index in [2.05, 4.69) is 74.7 Å². The second kappa shape index (κ2) is 53.7. The first-order valence-corrected chi connectivity index (χ1v) is 31.7. The fourth-order valence-electron chi connectivity index (χ4n) is 9.62. The maximum Gasteiger partial charge on any atom is 0.306 e. The third-order valence-corrected chi connectivity index (χ3v) is 14.7. The van der Waals surface area contributed by atoms with Crippen LogP contribution in [0.5, 0.6) is 0 Å². The molecule has 1 amide bonds. The molecule has 0 radical (unpaired) electrons. The zero-order chi connectivity index (χ0) is 56.1. The summed E-state index contributed by atoms with van der Waals surface area (Å²) in [4.78, 5) is 26.6. The van der Waals surface area contributed by atoms with Crippen LogP contribution in [-0.2, 0) is 23.8 Å². The minimum atomic E-state index is -1.62. The van der Waals surface area contributed by atoms with E-state index in [1.165, 1.54) is 135 Å². The zero-order valence-corrected chi connectivity index (χ0v) is 49.3. The quantitative estimate of drug-likeness (QED) is 0.0149. The Balaban J connectivity index is 2.66. The first-order valence-electron chi connectivity index (χ1n) is 31.7. The molecule has 0 aromatic rings. The lowest BCUT2D eigenvalue weighted by molar-refractivity contribution is -0.305. The largest absolute Gasteiger partial charge is 0.454 e. The van der Waals surface area contributed by atoms with Crippen LogP contribution in [-0.4, -0.2) is 99.6 Å². The van der Waals surface area contributed by atoms with Crippen molar-refractivity contribution in [3.63, 3.8) is 0 Å². The summed E-state index contributed by atoms with van der Waals surface area (Å²) >= 11 is 0. The van der Waals surface area contributed by atoms with Crippen molar-refractivity contribution in [1.29, 1.82) is 0 Å². The second-order valence-electron chi connectivity index (χ2n) is 21.8. The molecule has 0 bridgehead atoms. The summed E-state index contributed by atoms with van der Waals surface area (Å²) in [5, 5.41) is 57.0. The average molecular weight is 1080 g/mol. The number of aliphatic hydroxyl groups excluding tert-OH is 5. The molecule has 0 aromatic heterocycles. The molecule has 0 aromatic carbocycles. The second-order valence-corrected chi connectivity index (χ2v) is 21.8. The first kappa shape index (κ1) is 72.1. The summed E-state index contributed by atoms with van der Waals surface area (Å²) in [5.74, 6) is -1.21. The Morgan fingerprint density at radius 1 is 0.532 bits per heavy atom. The van der Waals surface area contributed by atoms with Crippen LogP contribution < -0.4 is 5.32 Å². The van der Waals surface area contributed by atoms with Crippen molar-refractivity contribution >= 4 is 11.9 Å². The normalized spacial score (nSPS) is 19.5. The number of hydrogen-bond acceptors (Lipinski definition) is 10. The summed E-state index contributed by atoms with van der Waals surface area (Å²) in [6.07, 6.45) is 57.9. The maximum atomic E-state index is 13.4. The summed E-state index contributed by atoms with van der Waals surface area (Å²) in [5.41, 5.74) is 0. The minimum absolute atomic E-state index is 0.118. The first-order chi connectivity index (χ1) is 37.7. The van der Waals surface area contributed by atoms with Gasteiger partial charge in [0, 0.05) is 6.42 Å². The van der Waals surface area contributed by atoms with Crippen molar-refractivity contribution in [2.45, 2.75) is 320 Å². The Morgan fingerprint density at radius 3 is 1.52 bits per heavy atom. The Labute approximate surface area is 471 Å². The fourth-order valence-corrected chi connectivity index (χ4v) is 9.62. The molecular weight excluding hydrogens is 967 g/mol. The summed E-state index contributed by atoms with van der Waals surface area (Å²) in [7, 11) is 0. The Bertz CT molecular complexity index is 1530. The number of nitrogens with one attached hydrogen (secondary N) is 1. The van der Waals surface area contributed by atoms with Gasteiger partial charge in [-0.3, -0.25) is 9.59 Å². The number of allylic oxidation sites excluding steroid dienone is 11. The van der Waals surface area contributed by atoms with Gasteiger partial charge in [0.25, 0.3) is 0 Å². The third-order valence-electron chi connectivity index (χ3n) is 14.7. The number of amides is 1. The standard InChI is InChI=1S/C66H117NO10/c1-4-7-10-13-16-19-22-25-27-28-29-30-31-32-33-36-39-42-45-48-51-54-61(71)77-64-63(73)62(72)60(55-68)76-66(64)75-56-57(58(69)52-49-46-43-40-37-34-24-21-18-15-12-9-6-3)67-65(74)59(70)53-50-47-44-41-38-35-26-23-20-17-14-11-8-5-2/h8,11,14,16-17,19-20,23,25,27,49,52,57-60,62-64,66,68-70,72-73H,4-7,9-10,12-13,15,18,21-22,24,26,28-48,50-51,53-56H2,1-3H3,(H,67,74)/b11-8+,17-14+,19-16-,23-20+,27-25-,52-49+. The predicted octanol–water partition coefficient (Wildman–Crippen LogP) is 15.2. The van der Waals surface area contributed by atoms with Gasteiger partial charge in [0.1, 0.15) is 24.4 Å². The predicted molar refractivity (Wildman–Crippen MR) is 319 cm³/mol. The van der Waals surface area contributed by atoms with Gasteiger partial charge in [-0.2, -0.15) is 0 Å². The van der Waals surface area contributed by atoms with E-state index in [-0.39, 0.29) is 19.4 Å². The molecule has 0 saturated carbocycles. The maximum absolute atomic E-state index is 13.4. The van der Waals surface area contributed by atoms with Crippen LogP contribution in [0.2, 0.25) is 0 Å². The molecule has 1 fully saturated rings. The lowest BCUT2D eigenvalue weighted by atomic mass is 9.99. The summed E-state index contributed by atoms with van der Waals surface area (Å²) in [6, 6.07) is -1.03. The molecule has 446 valence electrons. The average Bonchev–Trinajstić information content (AvgIpc) is 3.43. The van der Waals surface area contributed by atoms with Gasteiger partial charge in [0.15, 0.2) is 12.4 Å². The molecule has 6 N–H and O–H groups in total. The Hall–Kier alpha value is -2.90. The lowest BCUT2D eigenvalue weighted by Gasteiger charge is -2.41. The molecule has 11 heteroatoms. The van der Waals surface area contributed by atoms with E-state index in [0.717, 1.165) is 89.9 Å². The van der Waals surface area contributed by atoms with Crippen LogP contribution in [0.25, 0.3) is 0 Å². The van der Waals surface area contributed by atoms with Gasteiger partial charge in [-0.05, 0) is 77.0 Å². The summed E-state index contributed by atoms with van der Waals surface area (Å²) in [6.45, 7) is 5.64. The number of rotatable bonds is 53. The fraction of sp³-hybridized carbons (Fsp3) is 0.788. The molecular formula is C66H117NO10. The molecule has 1 aliphatic rings. The number of carbonyl (C=O) groups excluding carboxylic acids is 2.